The zero-order valence-electron chi connectivity index (χ0n) is 16.9. The van der Waals surface area contributed by atoms with Crippen LogP contribution in [0, 0.1) is 0 Å². The monoisotopic (exact) mass is 334 g/mol. The molecule has 0 heterocycles. The van der Waals surface area contributed by atoms with E-state index in [-0.39, 0.29) is 0 Å². The Morgan fingerprint density at radius 2 is 1.92 bits per heavy atom. The Morgan fingerprint density at radius 1 is 1.21 bits per heavy atom. The van der Waals surface area contributed by atoms with Crippen LogP contribution >= 0.6 is 0 Å². The minimum atomic E-state index is 0.476. The molecule has 0 aromatic carbocycles. The molecule has 1 aliphatic rings. The van der Waals surface area contributed by atoms with Crippen LogP contribution in [-0.4, -0.2) is 64.4 Å². The van der Waals surface area contributed by atoms with Crippen LogP contribution < -0.4 is 10.6 Å². The lowest BCUT2D eigenvalue weighted by Gasteiger charge is -2.28. The Morgan fingerprint density at radius 3 is 2.46 bits per heavy atom. The van der Waals surface area contributed by atoms with E-state index in [0.29, 0.717) is 6.04 Å². The summed E-state index contributed by atoms with van der Waals surface area (Å²) in [7, 11) is 10.4. The summed E-state index contributed by atoms with van der Waals surface area (Å²) in [6, 6.07) is 0.476. The van der Waals surface area contributed by atoms with Gasteiger partial charge in [-0.25, -0.2) is 10.0 Å². The molecule has 1 rings (SSSR count). The van der Waals surface area contributed by atoms with Crippen molar-refractivity contribution in [2.24, 2.45) is 0 Å². The zero-order chi connectivity index (χ0) is 18.1. The molecule has 0 radical (unpaired) electrons. The van der Waals surface area contributed by atoms with Crippen LogP contribution in [0.2, 0.25) is 0 Å². The minimum absolute atomic E-state index is 0.476. The average molecular weight is 335 g/mol. The predicted molar refractivity (Wildman–Crippen MR) is 106 cm³/mol. The molecule has 4 heteroatoms. The van der Waals surface area contributed by atoms with Crippen LogP contribution in [0.15, 0.2) is 34.4 Å². The van der Waals surface area contributed by atoms with Gasteiger partial charge in [-0.05, 0) is 59.2 Å². The van der Waals surface area contributed by atoms with Crippen LogP contribution in [0.5, 0.6) is 0 Å². The fourth-order valence-electron chi connectivity index (χ4n) is 3.15. The van der Waals surface area contributed by atoms with Gasteiger partial charge in [0.05, 0.1) is 0 Å². The summed E-state index contributed by atoms with van der Waals surface area (Å²) >= 11 is 0. The van der Waals surface area contributed by atoms with Crippen molar-refractivity contribution in [3.8, 4) is 0 Å². The van der Waals surface area contributed by atoms with Crippen LogP contribution in [0.3, 0.4) is 0 Å². The largest absolute Gasteiger partial charge is 0.316 e. The lowest BCUT2D eigenvalue weighted by molar-refractivity contribution is 0.0682. The van der Waals surface area contributed by atoms with Gasteiger partial charge in [-0.1, -0.05) is 28.9 Å². The highest BCUT2D eigenvalue weighted by molar-refractivity contribution is 5.32. The van der Waals surface area contributed by atoms with Gasteiger partial charge in [-0.15, -0.1) is 0 Å². The molecule has 1 unspecified atom stereocenters. The highest BCUT2D eigenvalue weighted by Gasteiger charge is 2.17. The molecule has 24 heavy (non-hydrogen) atoms. The Balaban J connectivity index is 2.72. The summed E-state index contributed by atoms with van der Waals surface area (Å²) in [5.41, 5.74) is 5.98. The number of nitrogens with zero attached hydrogens (tertiary/aromatic N) is 2. The summed E-state index contributed by atoms with van der Waals surface area (Å²) in [5, 5.41) is 11.2. The Kier molecular flexibility index (Phi) is 9.52. The molecule has 1 aliphatic carbocycles. The van der Waals surface area contributed by atoms with Crippen LogP contribution in [-0.2, 0) is 0 Å². The molecule has 138 valence electrons. The second kappa shape index (κ2) is 10.8. The van der Waals surface area contributed by atoms with E-state index in [2.05, 4.69) is 74.8 Å². The van der Waals surface area contributed by atoms with Gasteiger partial charge in [0.2, 0.25) is 0 Å². The molecule has 2 N–H and O–H groups in total. The molecular weight excluding hydrogens is 296 g/mol. The van der Waals surface area contributed by atoms with E-state index in [1.807, 2.05) is 7.05 Å². The number of nitrogens with one attached hydrogen (secondary N) is 2. The summed E-state index contributed by atoms with van der Waals surface area (Å²) in [4.78, 5) is 0. The fourth-order valence-corrected chi connectivity index (χ4v) is 3.15. The van der Waals surface area contributed by atoms with Crippen LogP contribution in [0.1, 0.15) is 39.5 Å². The van der Waals surface area contributed by atoms with E-state index >= 15 is 0 Å². The molecule has 4 nitrogen and oxygen atoms in total. The first-order valence-electron chi connectivity index (χ1n) is 9.14. The Bertz CT molecular complexity index is 470. The van der Waals surface area contributed by atoms with Gasteiger partial charge >= 0.3 is 0 Å². The van der Waals surface area contributed by atoms with E-state index in [0.717, 1.165) is 25.9 Å². The number of hydrogen-bond acceptors (Lipinski definition) is 4. The van der Waals surface area contributed by atoms with Gasteiger partial charge in [-0.2, -0.15) is 0 Å². The summed E-state index contributed by atoms with van der Waals surface area (Å²) in [6.45, 7) is 6.42. The van der Waals surface area contributed by atoms with E-state index in [9.17, 15) is 0 Å². The van der Waals surface area contributed by atoms with Crippen molar-refractivity contribution in [1.82, 2.24) is 20.7 Å². The van der Waals surface area contributed by atoms with E-state index in [1.54, 1.807) is 5.57 Å². The first kappa shape index (κ1) is 21.1. The first-order valence-corrected chi connectivity index (χ1v) is 9.14. The normalized spacial score (nSPS) is 16.2. The Labute approximate surface area is 149 Å². The number of hydrogen-bond donors (Lipinski definition) is 2. The van der Waals surface area contributed by atoms with Crippen molar-refractivity contribution in [3.63, 3.8) is 0 Å². The molecule has 1 atom stereocenters. The third-order valence-electron chi connectivity index (χ3n) is 4.93. The highest BCUT2D eigenvalue weighted by atomic mass is 15.6. The lowest BCUT2D eigenvalue weighted by Crippen LogP contribution is -2.35. The van der Waals surface area contributed by atoms with Crippen LogP contribution in [0.4, 0.5) is 0 Å². The molecule has 0 saturated heterocycles. The Hall–Kier alpha value is -0.940. The minimum Gasteiger partial charge on any atom is -0.316 e. The van der Waals surface area contributed by atoms with E-state index in [4.69, 9.17) is 0 Å². The molecule has 0 saturated carbocycles. The summed E-state index contributed by atoms with van der Waals surface area (Å²) < 4.78 is 0. The van der Waals surface area contributed by atoms with Gasteiger partial charge in [-0.3, -0.25) is 0 Å². The van der Waals surface area contributed by atoms with E-state index < -0.39 is 0 Å². The SMILES string of the molecule is CNCC(CCC(NC)C1=CC(CN(C)N(C)C)=CCC1)=C(C)C. The second-order valence-electron chi connectivity index (χ2n) is 7.21. The number of likely N-dealkylation sites (N-methyl/N-ethyl adjacent to an activating group) is 3. The molecule has 0 aromatic rings. The van der Waals surface area contributed by atoms with Gasteiger partial charge in [0, 0.05) is 40.3 Å². The van der Waals surface area contributed by atoms with Crippen LogP contribution in [0.25, 0.3) is 0 Å². The van der Waals surface area contributed by atoms with Crippen molar-refractivity contribution in [1.29, 1.82) is 0 Å². The smallest absolute Gasteiger partial charge is 0.0377 e. The standard InChI is InChI=1S/C20H38N4/c1-16(2)19(14-21-3)11-12-20(22-4)18-10-8-9-17(13-18)15-24(7)23(5)6/h9,13,20-22H,8,10-12,14-15H2,1-7H3. The number of allylic oxidation sites excluding steroid dienone is 2. The fraction of sp³-hybridized carbons (Fsp3) is 0.700. The quantitative estimate of drug-likeness (QED) is 0.475. The third-order valence-corrected chi connectivity index (χ3v) is 4.93. The lowest BCUT2D eigenvalue weighted by atomic mass is 9.90. The van der Waals surface area contributed by atoms with Crippen molar-refractivity contribution >= 4 is 0 Å². The molecule has 0 spiro atoms. The molecule has 0 bridgehead atoms. The maximum absolute atomic E-state index is 3.54. The van der Waals surface area contributed by atoms with Gasteiger partial charge in [0.1, 0.15) is 0 Å². The van der Waals surface area contributed by atoms with Gasteiger partial charge in [0.25, 0.3) is 0 Å². The topological polar surface area (TPSA) is 30.5 Å². The van der Waals surface area contributed by atoms with Gasteiger partial charge < -0.3 is 10.6 Å². The molecule has 0 fully saturated rings. The van der Waals surface area contributed by atoms with Crippen molar-refractivity contribution in [2.75, 3.05) is 48.3 Å². The zero-order valence-corrected chi connectivity index (χ0v) is 16.9. The third kappa shape index (κ3) is 6.89. The molecule has 0 aliphatic heterocycles. The molecule has 0 amide bonds. The average Bonchev–Trinajstić information content (AvgIpc) is 2.54. The molecular formula is C20H38N4. The van der Waals surface area contributed by atoms with Gasteiger partial charge in [0.15, 0.2) is 0 Å². The summed E-state index contributed by atoms with van der Waals surface area (Å²) in [6.07, 6.45) is 9.47. The maximum atomic E-state index is 3.54. The summed E-state index contributed by atoms with van der Waals surface area (Å²) in [5.74, 6) is 0. The van der Waals surface area contributed by atoms with Crippen molar-refractivity contribution in [2.45, 2.75) is 45.6 Å². The maximum Gasteiger partial charge on any atom is 0.0377 e. The highest BCUT2D eigenvalue weighted by Crippen LogP contribution is 2.24. The van der Waals surface area contributed by atoms with E-state index in [1.165, 1.54) is 29.6 Å². The first-order chi connectivity index (χ1) is 11.4. The number of hydrazine groups is 1. The predicted octanol–water partition coefficient (Wildman–Crippen LogP) is 2.97. The second-order valence-corrected chi connectivity index (χ2v) is 7.21. The number of rotatable bonds is 10. The molecule has 0 aromatic heterocycles. The van der Waals surface area contributed by atoms with Crippen molar-refractivity contribution in [3.05, 3.63) is 34.4 Å². The van der Waals surface area contributed by atoms with Crippen molar-refractivity contribution < 1.29 is 0 Å².